The van der Waals surface area contributed by atoms with E-state index in [9.17, 15) is 14.9 Å². The number of carbonyl (C=O) groups excluding carboxylic acids is 1. The normalized spacial score (nSPS) is 16.7. The fourth-order valence-electron chi connectivity index (χ4n) is 2.07. The summed E-state index contributed by atoms with van der Waals surface area (Å²) in [6.07, 6.45) is 2.86. The number of nitro benzene ring substituents is 1. The highest BCUT2D eigenvalue weighted by molar-refractivity contribution is 5.99. The summed E-state index contributed by atoms with van der Waals surface area (Å²) in [5, 5.41) is 13.7. The fraction of sp³-hybridized carbons (Fsp3) is 0.417. The summed E-state index contributed by atoms with van der Waals surface area (Å²) in [6.45, 7) is 1.94. The maximum Gasteiger partial charge on any atom is 0.282 e. The van der Waals surface area contributed by atoms with Crippen molar-refractivity contribution in [1.29, 1.82) is 0 Å². The molecule has 0 saturated heterocycles. The van der Waals surface area contributed by atoms with Gasteiger partial charge in [-0.2, -0.15) is 0 Å². The van der Waals surface area contributed by atoms with Gasteiger partial charge in [0.1, 0.15) is 5.56 Å². The predicted molar refractivity (Wildman–Crippen MR) is 67.2 cm³/mol. The van der Waals surface area contributed by atoms with Crippen LogP contribution in [0.15, 0.2) is 18.2 Å². The van der Waals surface area contributed by atoms with E-state index in [2.05, 4.69) is 5.32 Å². The number of benzene rings is 1. The van der Waals surface area contributed by atoms with Gasteiger partial charge < -0.3 is 11.1 Å². The highest BCUT2D eigenvalue weighted by atomic mass is 16.6. The van der Waals surface area contributed by atoms with Crippen molar-refractivity contribution in [3.8, 4) is 0 Å². The van der Waals surface area contributed by atoms with E-state index < -0.39 is 10.8 Å². The summed E-state index contributed by atoms with van der Waals surface area (Å²) in [4.78, 5) is 22.4. The summed E-state index contributed by atoms with van der Waals surface area (Å²) < 4.78 is 0. The van der Waals surface area contributed by atoms with Crippen LogP contribution in [-0.4, -0.2) is 16.4 Å². The van der Waals surface area contributed by atoms with E-state index in [0.717, 1.165) is 19.3 Å². The molecule has 1 aromatic rings. The molecule has 1 fully saturated rings. The monoisotopic (exact) mass is 249 g/mol. The molecule has 0 spiro atoms. The molecular formula is C12H15N3O3. The van der Waals surface area contributed by atoms with Crippen LogP contribution in [0.3, 0.4) is 0 Å². The van der Waals surface area contributed by atoms with E-state index in [-0.39, 0.29) is 16.8 Å². The topological polar surface area (TPSA) is 98.3 Å². The van der Waals surface area contributed by atoms with Crippen molar-refractivity contribution < 1.29 is 9.72 Å². The average molecular weight is 249 g/mol. The number of hydrogen-bond donors (Lipinski definition) is 2. The number of anilines is 1. The van der Waals surface area contributed by atoms with E-state index in [1.165, 1.54) is 18.2 Å². The summed E-state index contributed by atoms with van der Waals surface area (Å²) in [6, 6.07) is 4.02. The van der Waals surface area contributed by atoms with E-state index >= 15 is 0 Å². The lowest BCUT2D eigenvalue weighted by atomic mass is 9.78. The smallest absolute Gasteiger partial charge is 0.282 e. The van der Waals surface area contributed by atoms with Crippen molar-refractivity contribution in [3.05, 3.63) is 33.9 Å². The molecule has 1 aliphatic carbocycles. The first-order valence-electron chi connectivity index (χ1n) is 5.78. The molecule has 1 amide bonds. The third-order valence-corrected chi connectivity index (χ3v) is 3.33. The van der Waals surface area contributed by atoms with Crippen molar-refractivity contribution in [3.63, 3.8) is 0 Å². The van der Waals surface area contributed by atoms with Crippen LogP contribution in [-0.2, 0) is 0 Å². The minimum atomic E-state index is -0.572. The van der Waals surface area contributed by atoms with E-state index in [4.69, 9.17) is 5.73 Å². The maximum absolute atomic E-state index is 12.1. The van der Waals surface area contributed by atoms with Gasteiger partial charge in [0.25, 0.3) is 11.6 Å². The Balaban J connectivity index is 2.28. The zero-order valence-electron chi connectivity index (χ0n) is 10.1. The molecule has 3 N–H and O–H groups in total. The lowest BCUT2D eigenvalue weighted by Crippen LogP contribution is -2.51. The second-order valence-electron chi connectivity index (χ2n) is 4.90. The molecule has 0 aromatic heterocycles. The molecule has 0 radical (unpaired) electrons. The summed E-state index contributed by atoms with van der Waals surface area (Å²) in [5.41, 5.74) is 5.47. The number of rotatable bonds is 3. The number of nitrogen functional groups attached to an aromatic ring is 1. The van der Waals surface area contributed by atoms with Crippen LogP contribution in [0.2, 0.25) is 0 Å². The first-order chi connectivity index (χ1) is 8.41. The third-order valence-electron chi connectivity index (χ3n) is 3.33. The van der Waals surface area contributed by atoms with Crippen molar-refractivity contribution >= 4 is 17.3 Å². The zero-order valence-corrected chi connectivity index (χ0v) is 10.1. The van der Waals surface area contributed by atoms with Gasteiger partial charge in [0.15, 0.2) is 0 Å². The molecular weight excluding hydrogens is 234 g/mol. The highest BCUT2D eigenvalue weighted by Crippen LogP contribution is 2.32. The van der Waals surface area contributed by atoms with Crippen LogP contribution in [0.1, 0.15) is 36.5 Å². The molecule has 0 unspecified atom stereocenters. The molecule has 6 nitrogen and oxygen atoms in total. The lowest BCUT2D eigenvalue weighted by molar-refractivity contribution is -0.385. The van der Waals surface area contributed by atoms with Gasteiger partial charge in [-0.05, 0) is 38.3 Å². The number of nitrogens with zero attached hydrogens (tertiary/aromatic N) is 1. The molecule has 0 bridgehead atoms. The first kappa shape index (κ1) is 12.3. The standard InChI is InChI=1S/C12H15N3O3/c1-12(5-2-6-12)14-11(16)9-7-8(13)3-4-10(9)15(17)18/h3-4,7H,2,5-6,13H2,1H3,(H,14,16). The SMILES string of the molecule is CC1(NC(=O)c2cc(N)ccc2[N+](=O)[O-])CCC1. The first-order valence-corrected chi connectivity index (χ1v) is 5.78. The summed E-state index contributed by atoms with van der Waals surface area (Å²) >= 11 is 0. The molecule has 0 atom stereocenters. The summed E-state index contributed by atoms with van der Waals surface area (Å²) in [7, 11) is 0. The molecule has 0 aliphatic heterocycles. The predicted octanol–water partition coefficient (Wildman–Crippen LogP) is 1.85. The second-order valence-corrected chi connectivity index (χ2v) is 4.90. The van der Waals surface area contributed by atoms with Gasteiger partial charge in [0.2, 0.25) is 0 Å². The van der Waals surface area contributed by atoms with E-state index in [1.807, 2.05) is 6.92 Å². The van der Waals surface area contributed by atoms with Crippen LogP contribution in [0.5, 0.6) is 0 Å². The van der Waals surface area contributed by atoms with Crippen LogP contribution < -0.4 is 11.1 Å². The minimum absolute atomic E-state index is 0.0214. The molecule has 2 rings (SSSR count). The van der Waals surface area contributed by atoms with Crippen molar-refractivity contribution in [2.45, 2.75) is 31.7 Å². The van der Waals surface area contributed by atoms with Gasteiger partial charge in [-0.25, -0.2) is 0 Å². The number of nitro groups is 1. The van der Waals surface area contributed by atoms with Crippen molar-refractivity contribution in [1.82, 2.24) is 5.32 Å². The molecule has 6 heteroatoms. The number of carbonyl (C=O) groups is 1. The van der Waals surface area contributed by atoms with Gasteiger partial charge in [-0.15, -0.1) is 0 Å². The molecule has 96 valence electrons. The average Bonchev–Trinajstić information content (AvgIpc) is 2.26. The zero-order chi connectivity index (χ0) is 13.3. The van der Waals surface area contributed by atoms with Crippen LogP contribution >= 0.6 is 0 Å². The van der Waals surface area contributed by atoms with Crippen molar-refractivity contribution in [2.75, 3.05) is 5.73 Å². The number of hydrogen-bond acceptors (Lipinski definition) is 4. The van der Waals surface area contributed by atoms with Crippen LogP contribution in [0.25, 0.3) is 0 Å². The fourth-order valence-corrected chi connectivity index (χ4v) is 2.07. The van der Waals surface area contributed by atoms with Gasteiger partial charge in [-0.1, -0.05) is 0 Å². The lowest BCUT2D eigenvalue weighted by Gasteiger charge is -2.39. The molecule has 1 aliphatic rings. The number of amides is 1. The minimum Gasteiger partial charge on any atom is -0.399 e. The largest absolute Gasteiger partial charge is 0.399 e. The molecule has 18 heavy (non-hydrogen) atoms. The Kier molecular flexibility index (Phi) is 2.94. The molecule has 1 saturated carbocycles. The Morgan fingerprint density at radius 2 is 2.17 bits per heavy atom. The van der Waals surface area contributed by atoms with Gasteiger partial charge >= 0.3 is 0 Å². The van der Waals surface area contributed by atoms with E-state index in [1.54, 1.807) is 0 Å². The van der Waals surface area contributed by atoms with Crippen LogP contribution in [0.4, 0.5) is 11.4 Å². The Bertz CT molecular complexity index is 509. The van der Waals surface area contributed by atoms with Gasteiger partial charge in [-0.3, -0.25) is 14.9 Å². The van der Waals surface area contributed by atoms with Crippen molar-refractivity contribution in [2.24, 2.45) is 0 Å². The maximum atomic E-state index is 12.1. The van der Waals surface area contributed by atoms with Crippen LogP contribution in [0, 0.1) is 10.1 Å². The Morgan fingerprint density at radius 1 is 1.50 bits per heavy atom. The Hall–Kier alpha value is -2.11. The second kappa shape index (κ2) is 4.29. The quantitative estimate of drug-likeness (QED) is 0.485. The summed E-state index contributed by atoms with van der Waals surface area (Å²) in [5.74, 6) is -0.434. The highest BCUT2D eigenvalue weighted by Gasteiger charge is 2.34. The third kappa shape index (κ3) is 2.27. The molecule has 1 aromatic carbocycles. The molecule has 0 heterocycles. The Morgan fingerprint density at radius 3 is 2.67 bits per heavy atom. The van der Waals surface area contributed by atoms with Gasteiger partial charge in [0, 0.05) is 17.3 Å². The number of nitrogens with one attached hydrogen (secondary N) is 1. The Labute approximate surface area is 104 Å². The van der Waals surface area contributed by atoms with Gasteiger partial charge in [0.05, 0.1) is 4.92 Å². The number of nitrogens with two attached hydrogens (primary N) is 1. The van der Waals surface area contributed by atoms with E-state index in [0.29, 0.717) is 5.69 Å².